The van der Waals surface area contributed by atoms with Crippen molar-refractivity contribution in [3.8, 4) is 0 Å². The highest BCUT2D eigenvalue weighted by Gasteiger charge is 2.24. The zero-order chi connectivity index (χ0) is 7.40. The third-order valence-corrected chi connectivity index (χ3v) is 1.53. The summed E-state index contributed by atoms with van der Waals surface area (Å²) in [5.74, 6) is 0.539. The SMILES string of the molecule is CCO/C=C/C(=N)C1CC1. The molecule has 1 N–H and O–H groups in total. The van der Waals surface area contributed by atoms with Crippen LogP contribution in [0.25, 0.3) is 0 Å². The van der Waals surface area contributed by atoms with Gasteiger partial charge in [0.2, 0.25) is 0 Å². The van der Waals surface area contributed by atoms with Crippen molar-refractivity contribution < 1.29 is 4.74 Å². The van der Waals surface area contributed by atoms with Crippen LogP contribution in [0, 0.1) is 11.3 Å². The summed E-state index contributed by atoms with van der Waals surface area (Å²) in [6, 6.07) is 0. The van der Waals surface area contributed by atoms with Gasteiger partial charge in [0.1, 0.15) is 0 Å². The van der Waals surface area contributed by atoms with Crippen LogP contribution in [0.4, 0.5) is 0 Å². The van der Waals surface area contributed by atoms with Crippen molar-refractivity contribution in [2.45, 2.75) is 19.8 Å². The van der Waals surface area contributed by atoms with E-state index in [9.17, 15) is 0 Å². The van der Waals surface area contributed by atoms with E-state index < -0.39 is 0 Å². The molecular formula is C8H13NO. The molecule has 1 aliphatic rings. The van der Waals surface area contributed by atoms with E-state index >= 15 is 0 Å². The first-order chi connectivity index (χ1) is 4.84. The molecule has 0 radical (unpaired) electrons. The Bertz CT molecular complexity index is 147. The Kier molecular flexibility index (Phi) is 2.49. The van der Waals surface area contributed by atoms with Gasteiger partial charge in [-0.1, -0.05) is 0 Å². The van der Waals surface area contributed by atoms with Gasteiger partial charge in [-0.15, -0.1) is 0 Å². The predicted octanol–water partition coefficient (Wildman–Crippen LogP) is 1.97. The van der Waals surface area contributed by atoms with Gasteiger partial charge in [0, 0.05) is 11.6 Å². The topological polar surface area (TPSA) is 33.1 Å². The molecule has 0 bridgehead atoms. The fourth-order valence-electron chi connectivity index (χ4n) is 0.748. The normalized spacial score (nSPS) is 17.7. The molecule has 0 aliphatic heterocycles. The second kappa shape index (κ2) is 3.40. The van der Waals surface area contributed by atoms with Gasteiger partial charge in [-0.25, -0.2) is 0 Å². The summed E-state index contributed by atoms with van der Waals surface area (Å²) in [6.07, 6.45) is 5.74. The van der Waals surface area contributed by atoms with Crippen molar-refractivity contribution in [3.63, 3.8) is 0 Å². The Morgan fingerprint density at radius 3 is 2.90 bits per heavy atom. The molecule has 0 spiro atoms. The first-order valence-corrected chi connectivity index (χ1v) is 3.71. The van der Waals surface area contributed by atoms with E-state index in [-0.39, 0.29) is 0 Å². The summed E-state index contributed by atoms with van der Waals surface area (Å²) in [5, 5.41) is 7.42. The summed E-state index contributed by atoms with van der Waals surface area (Å²) in [4.78, 5) is 0. The monoisotopic (exact) mass is 139 g/mol. The number of hydrogen-bond acceptors (Lipinski definition) is 2. The van der Waals surface area contributed by atoms with Gasteiger partial charge in [0.25, 0.3) is 0 Å². The molecule has 0 heterocycles. The third kappa shape index (κ3) is 2.21. The Labute approximate surface area is 61.4 Å². The largest absolute Gasteiger partial charge is 0.501 e. The van der Waals surface area contributed by atoms with Crippen molar-refractivity contribution in [2.24, 2.45) is 5.92 Å². The molecule has 1 rings (SSSR count). The van der Waals surface area contributed by atoms with Crippen molar-refractivity contribution in [2.75, 3.05) is 6.61 Å². The van der Waals surface area contributed by atoms with Gasteiger partial charge in [-0.3, -0.25) is 0 Å². The average molecular weight is 139 g/mol. The maximum Gasteiger partial charge on any atom is 0.0846 e. The van der Waals surface area contributed by atoms with E-state index in [1.54, 1.807) is 12.3 Å². The van der Waals surface area contributed by atoms with Crippen LogP contribution in [-0.4, -0.2) is 12.3 Å². The van der Waals surface area contributed by atoms with Crippen LogP contribution in [0.3, 0.4) is 0 Å². The van der Waals surface area contributed by atoms with Crippen LogP contribution in [0.15, 0.2) is 12.3 Å². The minimum atomic E-state index is 0.539. The first kappa shape index (κ1) is 7.32. The lowest BCUT2D eigenvalue weighted by Crippen LogP contribution is -1.92. The Morgan fingerprint density at radius 2 is 2.40 bits per heavy atom. The summed E-state index contributed by atoms with van der Waals surface area (Å²) in [5.41, 5.74) is 0.716. The van der Waals surface area contributed by atoms with E-state index in [0.717, 1.165) is 0 Å². The van der Waals surface area contributed by atoms with E-state index in [4.69, 9.17) is 10.1 Å². The quantitative estimate of drug-likeness (QED) is 0.468. The fraction of sp³-hybridized carbons (Fsp3) is 0.625. The number of nitrogens with one attached hydrogen (secondary N) is 1. The van der Waals surface area contributed by atoms with Gasteiger partial charge >= 0.3 is 0 Å². The summed E-state index contributed by atoms with van der Waals surface area (Å²) < 4.78 is 4.96. The highest BCUT2D eigenvalue weighted by atomic mass is 16.5. The predicted molar refractivity (Wildman–Crippen MR) is 41.2 cm³/mol. The van der Waals surface area contributed by atoms with Gasteiger partial charge in [-0.2, -0.15) is 0 Å². The van der Waals surface area contributed by atoms with E-state index in [1.165, 1.54) is 12.8 Å². The molecule has 2 nitrogen and oxygen atoms in total. The maximum absolute atomic E-state index is 7.42. The van der Waals surface area contributed by atoms with Gasteiger partial charge < -0.3 is 10.1 Å². The number of rotatable bonds is 4. The molecule has 0 aromatic rings. The molecule has 56 valence electrons. The molecule has 0 atom stereocenters. The third-order valence-electron chi connectivity index (χ3n) is 1.53. The molecule has 0 unspecified atom stereocenters. The zero-order valence-electron chi connectivity index (χ0n) is 6.26. The molecule has 0 saturated heterocycles. The molecule has 0 amide bonds. The lowest BCUT2D eigenvalue weighted by atomic mass is 10.2. The summed E-state index contributed by atoms with van der Waals surface area (Å²) >= 11 is 0. The molecule has 10 heavy (non-hydrogen) atoms. The van der Waals surface area contributed by atoms with Crippen LogP contribution in [0.2, 0.25) is 0 Å². The highest BCUT2D eigenvalue weighted by Crippen LogP contribution is 2.30. The zero-order valence-corrected chi connectivity index (χ0v) is 6.26. The minimum absolute atomic E-state index is 0.539. The maximum atomic E-state index is 7.42. The van der Waals surface area contributed by atoms with Crippen molar-refractivity contribution >= 4 is 5.71 Å². The van der Waals surface area contributed by atoms with E-state index in [1.807, 2.05) is 6.92 Å². The lowest BCUT2D eigenvalue weighted by molar-refractivity contribution is 0.269. The second-order valence-electron chi connectivity index (χ2n) is 2.49. The number of hydrogen-bond donors (Lipinski definition) is 1. The molecule has 0 aromatic carbocycles. The van der Waals surface area contributed by atoms with Crippen molar-refractivity contribution in [3.05, 3.63) is 12.3 Å². The molecule has 0 aromatic heterocycles. The van der Waals surface area contributed by atoms with Gasteiger partial charge in [-0.05, 0) is 25.8 Å². The highest BCUT2D eigenvalue weighted by molar-refractivity contribution is 5.95. The summed E-state index contributed by atoms with van der Waals surface area (Å²) in [6.45, 7) is 2.62. The second-order valence-corrected chi connectivity index (χ2v) is 2.49. The smallest absolute Gasteiger partial charge is 0.0846 e. The van der Waals surface area contributed by atoms with Gasteiger partial charge in [0.05, 0.1) is 12.9 Å². The van der Waals surface area contributed by atoms with Crippen LogP contribution in [-0.2, 0) is 4.74 Å². The lowest BCUT2D eigenvalue weighted by Gasteiger charge is -1.93. The summed E-state index contributed by atoms with van der Waals surface area (Å²) in [7, 11) is 0. The van der Waals surface area contributed by atoms with Crippen molar-refractivity contribution in [1.29, 1.82) is 5.41 Å². The van der Waals surface area contributed by atoms with E-state index in [2.05, 4.69) is 0 Å². The first-order valence-electron chi connectivity index (χ1n) is 3.71. The Hall–Kier alpha value is -0.790. The molecule has 1 fully saturated rings. The van der Waals surface area contributed by atoms with Gasteiger partial charge in [0.15, 0.2) is 0 Å². The van der Waals surface area contributed by atoms with Crippen LogP contribution in [0.5, 0.6) is 0 Å². The van der Waals surface area contributed by atoms with Crippen LogP contribution < -0.4 is 0 Å². The molecule has 2 heteroatoms. The fourth-order valence-corrected chi connectivity index (χ4v) is 0.748. The molecule has 1 aliphatic carbocycles. The Morgan fingerprint density at radius 1 is 1.70 bits per heavy atom. The number of ether oxygens (including phenoxy) is 1. The van der Waals surface area contributed by atoms with Crippen molar-refractivity contribution in [1.82, 2.24) is 0 Å². The van der Waals surface area contributed by atoms with E-state index in [0.29, 0.717) is 18.2 Å². The molecular weight excluding hydrogens is 126 g/mol. The van der Waals surface area contributed by atoms with Crippen LogP contribution in [0.1, 0.15) is 19.8 Å². The Balaban J connectivity index is 2.16. The average Bonchev–Trinajstić information content (AvgIpc) is 2.69. The number of allylic oxidation sites excluding steroid dienone is 1. The van der Waals surface area contributed by atoms with Crippen LogP contribution >= 0.6 is 0 Å². The standard InChI is InChI=1S/C8H13NO/c1-2-10-6-5-8(9)7-3-4-7/h5-7,9H,2-4H2,1H3/b6-5+,9-8?. The minimum Gasteiger partial charge on any atom is -0.501 e. The molecule has 1 saturated carbocycles.